The molecule has 3 nitrogen and oxygen atoms in total. The fraction of sp³-hybridized carbons (Fsp3) is 0.500. The smallest absolute Gasteiger partial charge is 0.134 e. The highest BCUT2D eigenvalue weighted by atomic mass is 35.5. The molecular formula is C16H21ClN2O. The second-order valence-electron chi connectivity index (χ2n) is 6.14. The lowest BCUT2D eigenvalue weighted by atomic mass is 9.87. The molecule has 4 rings (SSSR count). The molecule has 1 atom stereocenters. The summed E-state index contributed by atoms with van der Waals surface area (Å²) in [6.45, 7) is 5.77. The molecule has 0 amide bonds. The highest BCUT2D eigenvalue weighted by molar-refractivity contribution is 5.85. The molecule has 0 saturated carbocycles. The highest BCUT2D eigenvalue weighted by Gasteiger charge is 2.40. The zero-order valence-corrected chi connectivity index (χ0v) is 12.4. The first-order chi connectivity index (χ1) is 9.33. The van der Waals surface area contributed by atoms with Crippen LogP contribution in [-0.2, 0) is 6.54 Å². The van der Waals surface area contributed by atoms with Crippen LogP contribution >= 0.6 is 12.4 Å². The van der Waals surface area contributed by atoms with Crippen LogP contribution < -0.4 is 5.32 Å². The van der Waals surface area contributed by atoms with Crippen LogP contribution in [0.15, 0.2) is 34.7 Å². The molecule has 20 heavy (non-hydrogen) atoms. The molecular weight excluding hydrogens is 272 g/mol. The summed E-state index contributed by atoms with van der Waals surface area (Å²) < 4.78 is 5.92. The van der Waals surface area contributed by atoms with Crippen LogP contribution in [0.4, 0.5) is 0 Å². The molecule has 2 fully saturated rings. The van der Waals surface area contributed by atoms with Gasteiger partial charge in [0.1, 0.15) is 11.3 Å². The van der Waals surface area contributed by atoms with Gasteiger partial charge in [0.05, 0.1) is 6.54 Å². The number of nitrogens with zero attached hydrogens (tertiary/aromatic N) is 1. The van der Waals surface area contributed by atoms with Gasteiger partial charge >= 0.3 is 0 Å². The topological polar surface area (TPSA) is 28.4 Å². The Kier molecular flexibility index (Phi) is 3.76. The van der Waals surface area contributed by atoms with Gasteiger partial charge in [-0.2, -0.15) is 0 Å². The van der Waals surface area contributed by atoms with Gasteiger partial charge in [0.2, 0.25) is 0 Å². The normalized spacial score (nSPS) is 26.4. The van der Waals surface area contributed by atoms with Crippen molar-refractivity contribution in [2.45, 2.75) is 19.4 Å². The number of halogens is 1. The van der Waals surface area contributed by atoms with E-state index in [9.17, 15) is 0 Å². The molecule has 108 valence electrons. The van der Waals surface area contributed by atoms with E-state index in [1.54, 1.807) is 0 Å². The van der Waals surface area contributed by atoms with Crippen molar-refractivity contribution < 1.29 is 4.42 Å². The molecule has 2 aromatic rings. The summed E-state index contributed by atoms with van der Waals surface area (Å²) in [4.78, 5) is 2.55. The summed E-state index contributed by atoms with van der Waals surface area (Å²) in [7, 11) is 0. The summed E-state index contributed by atoms with van der Waals surface area (Å²) in [6, 6.07) is 10.5. The maximum absolute atomic E-state index is 5.92. The number of para-hydroxylation sites is 1. The fourth-order valence-electron chi connectivity index (χ4n) is 3.64. The first-order valence-electron chi connectivity index (χ1n) is 7.24. The summed E-state index contributed by atoms with van der Waals surface area (Å²) in [5.41, 5.74) is 1.56. The summed E-state index contributed by atoms with van der Waals surface area (Å²) >= 11 is 0. The number of hydrogen-bond donors (Lipinski definition) is 1. The molecule has 1 aromatic carbocycles. The largest absolute Gasteiger partial charge is 0.460 e. The number of rotatable bonds is 2. The van der Waals surface area contributed by atoms with Crippen molar-refractivity contribution in [3.05, 3.63) is 36.1 Å². The first-order valence-corrected chi connectivity index (χ1v) is 7.24. The number of furan rings is 1. The highest BCUT2D eigenvalue weighted by Crippen LogP contribution is 2.36. The molecule has 3 heterocycles. The number of hydrogen-bond acceptors (Lipinski definition) is 3. The fourth-order valence-corrected chi connectivity index (χ4v) is 3.64. The average molecular weight is 293 g/mol. The zero-order valence-electron chi connectivity index (χ0n) is 11.6. The van der Waals surface area contributed by atoms with Gasteiger partial charge in [-0.25, -0.2) is 0 Å². The number of benzene rings is 1. The van der Waals surface area contributed by atoms with Crippen molar-refractivity contribution in [1.82, 2.24) is 10.2 Å². The van der Waals surface area contributed by atoms with Gasteiger partial charge in [0.15, 0.2) is 0 Å². The molecule has 2 aliphatic heterocycles. The lowest BCUT2D eigenvalue weighted by Gasteiger charge is -2.22. The Morgan fingerprint density at radius 1 is 1.25 bits per heavy atom. The van der Waals surface area contributed by atoms with Gasteiger partial charge < -0.3 is 9.73 Å². The molecule has 4 heteroatoms. The molecule has 0 radical (unpaired) electrons. The van der Waals surface area contributed by atoms with Crippen LogP contribution in [0, 0.1) is 5.41 Å². The molecule has 1 spiro atoms. The predicted octanol–water partition coefficient (Wildman–Crippen LogP) is 3.04. The Bertz CT molecular complexity index is 556. The number of fused-ring (bicyclic) bond motifs is 1. The maximum atomic E-state index is 5.92. The van der Waals surface area contributed by atoms with Gasteiger partial charge in [0, 0.05) is 18.5 Å². The van der Waals surface area contributed by atoms with E-state index in [0.29, 0.717) is 5.41 Å². The van der Waals surface area contributed by atoms with Crippen molar-refractivity contribution in [3.63, 3.8) is 0 Å². The second kappa shape index (κ2) is 5.40. The van der Waals surface area contributed by atoms with E-state index in [0.717, 1.165) is 17.9 Å². The number of likely N-dealkylation sites (tertiary alicyclic amines) is 1. The van der Waals surface area contributed by atoms with E-state index in [-0.39, 0.29) is 12.4 Å². The standard InChI is InChI=1S/C16H20N2O.ClH/c1-2-4-15-13(3-1)9-14(19-15)10-18-8-6-16(12-18)5-7-17-11-16;/h1-4,9,17H,5-8,10-12H2;1H. The van der Waals surface area contributed by atoms with Crippen molar-refractivity contribution in [1.29, 1.82) is 0 Å². The van der Waals surface area contributed by atoms with E-state index in [4.69, 9.17) is 4.42 Å². The van der Waals surface area contributed by atoms with E-state index < -0.39 is 0 Å². The van der Waals surface area contributed by atoms with Gasteiger partial charge in [-0.3, -0.25) is 4.90 Å². The molecule has 1 aromatic heterocycles. The van der Waals surface area contributed by atoms with Crippen LogP contribution in [0.25, 0.3) is 11.0 Å². The van der Waals surface area contributed by atoms with Crippen molar-refractivity contribution in [2.75, 3.05) is 26.2 Å². The van der Waals surface area contributed by atoms with Crippen molar-refractivity contribution >= 4 is 23.4 Å². The molecule has 2 aliphatic rings. The number of nitrogens with one attached hydrogen (secondary N) is 1. The third-order valence-corrected chi connectivity index (χ3v) is 4.71. The predicted molar refractivity (Wildman–Crippen MR) is 83.3 cm³/mol. The van der Waals surface area contributed by atoms with Crippen molar-refractivity contribution in [2.24, 2.45) is 5.41 Å². The SMILES string of the molecule is Cl.c1ccc2oc(CN3CCC4(CCNC4)C3)cc2c1. The van der Waals surface area contributed by atoms with E-state index in [1.807, 2.05) is 12.1 Å². The monoisotopic (exact) mass is 292 g/mol. The average Bonchev–Trinajstić information content (AvgIpc) is 3.11. The summed E-state index contributed by atoms with van der Waals surface area (Å²) in [5, 5.41) is 4.73. The Morgan fingerprint density at radius 2 is 2.15 bits per heavy atom. The molecule has 0 bridgehead atoms. The zero-order chi connectivity index (χ0) is 12.7. The van der Waals surface area contributed by atoms with Crippen LogP contribution in [0.2, 0.25) is 0 Å². The lowest BCUT2D eigenvalue weighted by molar-refractivity contribution is 0.254. The van der Waals surface area contributed by atoms with Crippen LogP contribution in [-0.4, -0.2) is 31.1 Å². The minimum Gasteiger partial charge on any atom is -0.460 e. The molecule has 1 N–H and O–H groups in total. The quantitative estimate of drug-likeness (QED) is 0.922. The molecule has 2 saturated heterocycles. The lowest BCUT2D eigenvalue weighted by Crippen LogP contribution is -2.28. The Hall–Kier alpha value is -1.03. The van der Waals surface area contributed by atoms with Gasteiger partial charge in [-0.05, 0) is 43.5 Å². The first kappa shape index (κ1) is 13.9. The Labute approximate surface area is 125 Å². The Morgan fingerprint density at radius 3 is 2.95 bits per heavy atom. The van der Waals surface area contributed by atoms with Gasteiger partial charge in [-0.1, -0.05) is 18.2 Å². The van der Waals surface area contributed by atoms with Gasteiger partial charge in [0.25, 0.3) is 0 Å². The summed E-state index contributed by atoms with van der Waals surface area (Å²) in [6.07, 6.45) is 2.67. The van der Waals surface area contributed by atoms with Crippen LogP contribution in [0.3, 0.4) is 0 Å². The van der Waals surface area contributed by atoms with Gasteiger partial charge in [-0.15, -0.1) is 12.4 Å². The van der Waals surface area contributed by atoms with E-state index in [2.05, 4.69) is 28.4 Å². The van der Waals surface area contributed by atoms with Crippen LogP contribution in [0.5, 0.6) is 0 Å². The molecule has 1 unspecified atom stereocenters. The maximum Gasteiger partial charge on any atom is 0.134 e. The second-order valence-corrected chi connectivity index (χ2v) is 6.14. The third kappa shape index (κ3) is 2.46. The minimum absolute atomic E-state index is 0. The third-order valence-electron chi connectivity index (χ3n) is 4.71. The van der Waals surface area contributed by atoms with Crippen LogP contribution in [0.1, 0.15) is 18.6 Å². The summed E-state index contributed by atoms with van der Waals surface area (Å²) in [5.74, 6) is 1.10. The Balaban J connectivity index is 0.00000121. The van der Waals surface area contributed by atoms with E-state index in [1.165, 1.54) is 44.4 Å². The molecule has 0 aliphatic carbocycles. The minimum atomic E-state index is 0. The van der Waals surface area contributed by atoms with E-state index >= 15 is 0 Å². The van der Waals surface area contributed by atoms with Crippen molar-refractivity contribution in [3.8, 4) is 0 Å².